The van der Waals surface area contributed by atoms with E-state index in [4.69, 9.17) is 14.6 Å². The Kier molecular flexibility index (Phi) is 6.36. The molecule has 3 heterocycles. The lowest BCUT2D eigenvalue weighted by Gasteiger charge is -2.32. The zero-order chi connectivity index (χ0) is 19.9. The first-order valence-electron chi connectivity index (χ1n) is 9.00. The summed E-state index contributed by atoms with van der Waals surface area (Å²) in [6, 6.07) is 6.14. The molecule has 8 nitrogen and oxygen atoms in total. The lowest BCUT2D eigenvalue weighted by Crippen LogP contribution is -2.38. The number of nitrogens with one attached hydrogen (secondary N) is 1. The molecule has 9 heteroatoms. The zero-order valence-electron chi connectivity index (χ0n) is 15.5. The van der Waals surface area contributed by atoms with Crippen molar-refractivity contribution < 1.29 is 19.0 Å². The van der Waals surface area contributed by atoms with Gasteiger partial charge in [0.15, 0.2) is 5.65 Å². The fourth-order valence-electron chi connectivity index (χ4n) is 3.01. The van der Waals surface area contributed by atoms with Gasteiger partial charge in [-0.1, -0.05) is 0 Å². The molecular formula is C19H22FN5O3. The van der Waals surface area contributed by atoms with Gasteiger partial charge >= 0.3 is 0 Å². The maximum atomic E-state index is 12.9. The highest BCUT2D eigenvalue weighted by Gasteiger charge is 2.22. The van der Waals surface area contributed by atoms with Gasteiger partial charge < -0.3 is 14.7 Å². The third kappa shape index (κ3) is 5.38. The molecule has 1 saturated heterocycles. The molecule has 2 aromatic heterocycles. The molecule has 0 bridgehead atoms. The maximum Gasteiger partial charge on any atom is 0.300 e. The number of aliphatic carboxylic acids is 1. The largest absolute Gasteiger partial charge is 0.493 e. The Hall–Kier alpha value is -3.23. The van der Waals surface area contributed by atoms with E-state index in [0.717, 1.165) is 49.8 Å². The number of anilines is 1. The standard InChI is InChI=1S/C17H18FN5O.C2H4O2/c18-14-3-5-15(6-4-14)24-11-12-2-1-7-23(10-12)17-19-8-13-9-20-22-16(13)21-17;1-2(3)4/h3-6,8-9,12H,1-2,7,10-11H2,(H,19,20,21,22);1H3,(H,3,4). The number of carboxylic acid groups (broad SMARTS) is 1. The van der Waals surface area contributed by atoms with Crippen LogP contribution in [-0.2, 0) is 4.79 Å². The summed E-state index contributed by atoms with van der Waals surface area (Å²) in [7, 11) is 0. The number of halogens is 1. The topological polar surface area (TPSA) is 104 Å². The van der Waals surface area contributed by atoms with Crippen molar-refractivity contribution in [3.63, 3.8) is 0 Å². The highest BCUT2D eigenvalue weighted by atomic mass is 19.1. The van der Waals surface area contributed by atoms with E-state index in [2.05, 4.69) is 25.1 Å². The van der Waals surface area contributed by atoms with Crippen LogP contribution in [-0.4, -0.2) is 50.9 Å². The second-order valence-electron chi connectivity index (χ2n) is 6.58. The minimum Gasteiger partial charge on any atom is -0.493 e. The summed E-state index contributed by atoms with van der Waals surface area (Å²) in [5.74, 6) is 0.726. The molecule has 1 fully saturated rings. The van der Waals surface area contributed by atoms with Crippen LogP contribution in [0.25, 0.3) is 11.0 Å². The van der Waals surface area contributed by atoms with Gasteiger partial charge in [0.25, 0.3) is 5.97 Å². The van der Waals surface area contributed by atoms with Crippen molar-refractivity contribution in [2.75, 3.05) is 24.6 Å². The van der Waals surface area contributed by atoms with Gasteiger partial charge in [-0.25, -0.2) is 9.37 Å². The summed E-state index contributed by atoms with van der Waals surface area (Å²) in [4.78, 5) is 20.2. The minimum atomic E-state index is -0.833. The summed E-state index contributed by atoms with van der Waals surface area (Å²) in [6.07, 6.45) is 5.68. The van der Waals surface area contributed by atoms with Gasteiger partial charge in [-0.3, -0.25) is 9.89 Å². The predicted molar refractivity (Wildman–Crippen MR) is 102 cm³/mol. The molecule has 3 aromatic rings. The van der Waals surface area contributed by atoms with Crippen molar-refractivity contribution in [3.8, 4) is 5.75 Å². The first-order chi connectivity index (χ1) is 13.5. The zero-order valence-corrected chi connectivity index (χ0v) is 15.5. The van der Waals surface area contributed by atoms with Crippen molar-refractivity contribution >= 4 is 23.0 Å². The minimum absolute atomic E-state index is 0.252. The monoisotopic (exact) mass is 387 g/mol. The first kappa shape index (κ1) is 19.5. The first-order valence-corrected chi connectivity index (χ1v) is 9.00. The molecule has 0 radical (unpaired) electrons. The molecule has 0 aliphatic carbocycles. The Morgan fingerprint density at radius 1 is 1.36 bits per heavy atom. The highest BCUT2D eigenvalue weighted by molar-refractivity contribution is 5.73. The Morgan fingerprint density at radius 2 is 2.11 bits per heavy atom. The van der Waals surface area contributed by atoms with Crippen molar-refractivity contribution in [2.24, 2.45) is 5.92 Å². The maximum absolute atomic E-state index is 12.9. The van der Waals surface area contributed by atoms with E-state index in [1.165, 1.54) is 12.1 Å². The van der Waals surface area contributed by atoms with Gasteiger partial charge in [0.2, 0.25) is 5.95 Å². The van der Waals surface area contributed by atoms with E-state index in [1.54, 1.807) is 24.5 Å². The number of carboxylic acids is 1. The molecule has 1 atom stereocenters. The molecule has 0 amide bonds. The summed E-state index contributed by atoms with van der Waals surface area (Å²) in [5.41, 5.74) is 0.754. The normalized spacial score (nSPS) is 16.4. The predicted octanol–water partition coefficient (Wildman–Crippen LogP) is 2.88. The molecule has 148 valence electrons. The van der Waals surface area contributed by atoms with Gasteiger partial charge in [-0.15, -0.1) is 0 Å². The summed E-state index contributed by atoms with van der Waals surface area (Å²) in [6.45, 7) is 3.47. The second kappa shape index (κ2) is 9.12. The van der Waals surface area contributed by atoms with Gasteiger partial charge in [-0.05, 0) is 37.1 Å². The van der Waals surface area contributed by atoms with E-state index in [0.29, 0.717) is 18.3 Å². The number of benzene rings is 1. The third-order valence-electron chi connectivity index (χ3n) is 4.28. The van der Waals surface area contributed by atoms with Gasteiger partial charge in [0.1, 0.15) is 11.6 Å². The van der Waals surface area contributed by atoms with Crippen molar-refractivity contribution in [3.05, 3.63) is 42.5 Å². The summed E-state index contributed by atoms with van der Waals surface area (Å²) < 4.78 is 18.7. The van der Waals surface area contributed by atoms with Crippen LogP contribution in [0.2, 0.25) is 0 Å². The molecule has 28 heavy (non-hydrogen) atoms. The van der Waals surface area contributed by atoms with Gasteiger partial charge in [0.05, 0.1) is 18.2 Å². The number of nitrogens with zero attached hydrogens (tertiary/aromatic N) is 4. The van der Waals surface area contributed by atoms with Crippen LogP contribution < -0.4 is 9.64 Å². The summed E-state index contributed by atoms with van der Waals surface area (Å²) in [5, 5.41) is 15.2. The lowest BCUT2D eigenvalue weighted by atomic mass is 9.99. The van der Waals surface area contributed by atoms with Crippen molar-refractivity contribution in [1.82, 2.24) is 20.2 Å². The molecule has 1 unspecified atom stereocenters. The number of H-pyrrole nitrogens is 1. The van der Waals surface area contributed by atoms with Crippen molar-refractivity contribution in [2.45, 2.75) is 19.8 Å². The van der Waals surface area contributed by atoms with Crippen LogP contribution >= 0.6 is 0 Å². The molecule has 4 rings (SSSR count). The van der Waals surface area contributed by atoms with Crippen LogP contribution in [0.4, 0.5) is 10.3 Å². The molecule has 0 saturated carbocycles. The van der Waals surface area contributed by atoms with Crippen LogP contribution in [0, 0.1) is 11.7 Å². The smallest absolute Gasteiger partial charge is 0.300 e. The number of aromatic nitrogens is 4. The van der Waals surface area contributed by atoms with Crippen LogP contribution in [0.3, 0.4) is 0 Å². The second-order valence-corrected chi connectivity index (χ2v) is 6.58. The molecule has 2 N–H and O–H groups in total. The van der Waals surface area contributed by atoms with E-state index in [9.17, 15) is 4.39 Å². The van der Waals surface area contributed by atoms with Crippen LogP contribution in [0.1, 0.15) is 19.8 Å². The van der Waals surface area contributed by atoms with Crippen LogP contribution in [0.15, 0.2) is 36.7 Å². The number of aromatic amines is 1. The van der Waals surface area contributed by atoms with Crippen LogP contribution in [0.5, 0.6) is 5.75 Å². The summed E-state index contributed by atoms with van der Waals surface area (Å²) >= 11 is 0. The SMILES string of the molecule is CC(=O)O.Fc1ccc(OCC2CCCN(c3ncc4cn[nH]c4n3)C2)cc1. The number of carbonyl (C=O) groups is 1. The average molecular weight is 387 g/mol. The molecular weight excluding hydrogens is 365 g/mol. The Bertz CT molecular complexity index is 911. The van der Waals surface area contributed by atoms with Gasteiger partial charge in [0, 0.05) is 32.1 Å². The lowest BCUT2D eigenvalue weighted by molar-refractivity contribution is -0.134. The van der Waals surface area contributed by atoms with Gasteiger partial charge in [-0.2, -0.15) is 10.1 Å². The fourth-order valence-corrected chi connectivity index (χ4v) is 3.01. The number of ether oxygens (including phenoxy) is 1. The van der Waals surface area contributed by atoms with E-state index >= 15 is 0 Å². The third-order valence-corrected chi connectivity index (χ3v) is 4.28. The Labute approximate surface area is 161 Å². The number of fused-ring (bicyclic) bond motifs is 1. The molecule has 1 aliphatic rings. The number of rotatable bonds is 4. The Balaban J connectivity index is 0.000000516. The number of hydrogen-bond donors (Lipinski definition) is 2. The van der Waals surface area contributed by atoms with Crippen molar-refractivity contribution in [1.29, 1.82) is 0 Å². The fraction of sp³-hybridized carbons (Fsp3) is 0.368. The quantitative estimate of drug-likeness (QED) is 0.709. The Morgan fingerprint density at radius 3 is 2.86 bits per heavy atom. The number of hydrogen-bond acceptors (Lipinski definition) is 6. The molecule has 1 aromatic carbocycles. The van der Waals surface area contributed by atoms with E-state index in [1.807, 2.05) is 0 Å². The van der Waals surface area contributed by atoms with E-state index < -0.39 is 5.97 Å². The highest BCUT2D eigenvalue weighted by Crippen LogP contribution is 2.22. The molecule has 0 spiro atoms. The average Bonchev–Trinajstić information content (AvgIpc) is 3.15. The van der Waals surface area contributed by atoms with E-state index in [-0.39, 0.29) is 5.82 Å². The number of piperidine rings is 1. The molecule has 1 aliphatic heterocycles.